The van der Waals surface area contributed by atoms with E-state index < -0.39 is 11.6 Å². The van der Waals surface area contributed by atoms with Crippen molar-refractivity contribution in [3.05, 3.63) is 0 Å². The first kappa shape index (κ1) is 13.8. The van der Waals surface area contributed by atoms with E-state index >= 15 is 0 Å². The van der Waals surface area contributed by atoms with E-state index in [9.17, 15) is 9.90 Å². The van der Waals surface area contributed by atoms with E-state index in [1.807, 2.05) is 6.26 Å². The molecule has 1 fully saturated rings. The summed E-state index contributed by atoms with van der Waals surface area (Å²) in [6.45, 7) is 0.0218. The van der Waals surface area contributed by atoms with Gasteiger partial charge in [-0.15, -0.1) is 0 Å². The number of nitrogens with two attached hydrogens (primary N) is 1. The van der Waals surface area contributed by atoms with Gasteiger partial charge in [-0.05, 0) is 31.3 Å². The van der Waals surface area contributed by atoms with Crippen LogP contribution in [0.5, 0.6) is 0 Å². The summed E-state index contributed by atoms with van der Waals surface area (Å²) in [6, 6.07) is -0.448. The maximum absolute atomic E-state index is 11.8. The molecule has 4 N–H and O–H groups in total. The van der Waals surface area contributed by atoms with Gasteiger partial charge in [0.1, 0.15) is 0 Å². The third-order valence-electron chi connectivity index (χ3n) is 3.22. The molecule has 0 saturated heterocycles. The summed E-state index contributed by atoms with van der Waals surface area (Å²) in [7, 11) is 0. The molecule has 1 aliphatic rings. The third kappa shape index (κ3) is 3.64. The van der Waals surface area contributed by atoms with Crippen LogP contribution in [0.3, 0.4) is 0 Å². The van der Waals surface area contributed by atoms with E-state index in [0.29, 0.717) is 6.42 Å². The average molecular weight is 246 g/mol. The van der Waals surface area contributed by atoms with Gasteiger partial charge in [0.05, 0.1) is 18.2 Å². The van der Waals surface area contributed by atoms with Crippen molar-refractivity contribution in [3.8, 4) is 0 Å². The molecule has 0 aliphatic heterocycles. The van der Waals surface area contributed by atoms with Gasteiger partial charge in [-0.3, -0.25) is 4.79 Å². The molecule has 1 rings (SSSR count). The summed E-state index contributed by atoms with van der Waals surface area (Å²) in [5.41, 5.74) is 5.39. The van der Waals surface area contributed by atoms with Crippen LogP contribution in [-0.2, 0) is 4.79 Å². The van der Waals surface area contributed by atoms with E-state index in [2.05, 4.69) is 5.32 Å². The van der Waals surface area contributed by atoms with Crippen LogP contribution >= 0.6 is 11.8 Å². The number of carbonyl (C=O) groups excluding carboxylic acids is 1. The van der Waals surface area contributed by atoms with Gasteiger partial charge >= 0.3 is 0 Å². The largest absolute Gasteiger partial charge is 0.394 e. The van der Waals surface area contributed by atoms with Gasteiger partial charge in [0.25, 0.3) is 0 Å². The normalized spacial score (nSPS) is 20.7. The quantitative estimate of drug-likeness (QED) is 0.637. The maximum atomic E-state index is 11.8. The number of amides is 1. The maximum Gasteiger partial charge on any atom is 0.237 e. The van der Waals surface area contributed by atoms with Crippen LogP contribution in [0.2, 0.25) is 0 Å². The molecule has 0 unspecified atom stereocenters. The fourth-order valence-electron chi connectivity index (χ4n) is 2.10. The zero-order valence-corrected chi connectivity index (χ0v) is 10.7. The van der Waals surface area contributed by atoms with Crippen molar-refractivity contribution < 1.29 is 9.90 Å². The Balaban J connectivity index is 2.42. The van der Waals surface area contributed by atoms with Crippen LogP contribution in [-0.4, -0.2) is 41.2 Å². The van der Waals surface area contributed by atoms with E-state index in [-0.39, 0.29) is 12.5 Å². The molecule has 1 amide bonds. The molecular formula is C11H22N2O2S. The van der Waals surface area contributed by atoms with Gasteiger partial charge in [-0.1, -0.05) is 12.8 Å². The second-order valence-corrected chi connectivity index (χ2v) is 5.51. The van der Waals surface area contributed by atoms with Gasteiger partial charge in [0.2, 0.25) is 5.91 Å². The highest BCUT2D eigenvalue weighted by Crippen LogP contribution is 2.29. The molecule has 4 nitrogen and oxygen atoms in total. The number of aliphatic hydroxyl groups is 1. The van der Waals surface area contributed by atoms with Gasteiger partial charge in [0.15, 0.2) is 0 Å². The van der Waals surface area contributed by atoms with Crippen LogP contribution in [0.15, 0.2) is 0 Å². The molecule has 1 saturated carbocycles. The molecule has 0 spiro atoms. The van der Waals surface area contributed by atoms with E-state index in [4.69, 9.17) is 5.73 Å². The van der Waals surface area contributed by atoms with Crippen LogP contribution in [0.25, 0.3) is 0 Å². The molecule has 16 heavy (non-hydrogen) atoms. The molecule has 0 radical (unpaired) electrons. The lowest BCUT2D eigenvalue weighted by molar-refractivity contribution is -0.124. The van der Waals surface area contributed by atoms with E-state index in [0.717, 1.165) is 31.4 Å². The predicted octanol–water partition coefficient (Wildman–Crippen LogP) is 0.488. The predicted molar refractivity (Wildman–Crippen MR) is 67.4 cm³/mol. The number of aliphatic hydroxyl groups excluding tert-OH is 1. The minimum absolute atomic E-state index is 0.0218. The number of hydrogen-bond acceptors (Lipinski definition) is 4. The third-order valence-corrected chi connectivity index (χ3v) is 3.87. The summed E-state index contributed by atoms with van der Waals surface area (Å²) < 4.78 is 0. The van der Waals surface area contributed by atoms with Gasteiger partial charge < -0.3 is 16.2 Å². The van der Waals surface area contributed by atoms with Gasteiger partial charge in [0, 0.05) is 0 Å². The van der Waals surface area contributed by atoms with Crippen molar-refractivity contribution in [1.82, 2.24) is 5.32 Å². The molecule has 0 bridgehead atoms. The first-order valence-corrected chi connectivity index (χ1v) is 7.20. The van der Waals surface area contributed by atoms with Crippen LogP contribution in [0.4, 0.5) is 0 Å². The summed E-state index contributed by atoms with van der Waals surface area (Å²) in [4.78, 5) is 11.8. The number of thioether (sulfide) groups is 1. The second kappa shape index (κ2) is 6.47. The fraction of sp³-hybridized carbons (Fsp3) is 0.909. The smallest absolute Gasteiger partial charge is 0.237 e. The monoisotopic (exact) mass is 246 g/mol. The average Bonchev–Trinajstić information content (AvgIpc) is 2.75. The standard InChI is InChI=1S/C11H22N2O2S/c1-16-7-4-9(12)10(15)13-11(8-14)5-2-3-6-11/h9,14H,2-8,12H2,1H3,(H,13,15)/t9-/m0/s1. The molecule has 1 atom stereocenters. The Morgan fingerprint density at radius 2 is 2.19 bits per heavy atom. The fourth-order valence-corrected chi connectivity index (χ4v) is 2.59. The second-order valence-electron chi connectivity index (χ2n) is 4.52. The highest BCUT2D eigenvalue weighted by atomic mass is 32.2. The summed E-state index contributed by atoms with van der Waals surface area (Å²) in [6.07, 6.45) is 6.56. The molecular weight excluding hydrogens is 224 g/mol. The van der Waals surface area contributed by atoms with Crippen molar-refractivity contribution in [3.63, 3.8) is 0 Å². The number of rotatable bonds is 6. The molecule has 94 valence electrons. The van der Waals surface area contributed by atoms with Crippen LogP contribution < -0.4 is 11.1 Å². The Morgan fingerprint density at radius 1 is 1.56 bits per heavy atom. The Morgan fingerprint density at radius 3 is 2.69 bits per heavy atom. The minimum atomic E-state index is -0.448. The topological polar surface area (TPSA) is 75.4 Å². The van der Waals surface area contributed by atoms with Gasteiger partial charge in [-0.2, -0.15) is 11.8 Å². The number of nitrogens with one attached hydrogen (secondary N) is 1. The number of hydrogen-bond donors (Lipinski definition) is 3. The van der Waals surface area contributed by atoms with Crippen LogP contribution in [0, 0.1) is 0 Å². The van der Waals surface area contributed by atoms with Gasteiger partial charge in [-0.25, -0.2) is 0 Å². The Bertz CT molecular complexity index is 230. The summed E-state index contributed by atoms with van der Waals surface area (Å²) >= 11 is 1.69. The minimum Gasteiger partial charge on any atom is -0.394 e. The van der Waals surface area contributed by atoms with Crippen molar-refractivity contribution in [1.29, 1.82) is 0 Å². The van der Waals surface area contributed by atoms with Crippen molar-refractivity contribution >= 4 is 17.7 Å². The lowest BCUT2D eigenvalue weighted by atomic mass is 9.98. The molecule has 0 aromatic rings. The summed E-state index contributed by atoms with van der Waals surface area (Å²) in [5, 5.41) is 12.3. The van der Waals surface area contributed by atoms with Crippen molar-refractivity contribution in [2.75, 3.05) is 18.6 Å². The first-order chi connectivity index (χ1) is 7.63. The molecule has 5 heteroatoms. The Hall–Kier alpha value is -0.260. The first-order valence-electron chi connectivity index (χ1n) is 5.81. The lowest BCUT2D eigenvalue weighted by Crippen LogP contribution is -2.54. The highest BCUT2D eigenvalue weighted by molar-refractivity contribution is 7.98. The Kier molecular flexibility index (Phi) is 5.58. The molecule has 0 aromatic heterocycles. The zero-order valence-electron chi connectivity index (χ0n) is 9.87. The highest BCUT2D eigenvalue weighted by Gasteiger charge is 2.35. The Labute approximate surface area is 101 Å². The SMILES string of the molecule is CSCC[C@H](N)C(=O)NC1(CO)CCCC1. The number of carbonyl (C=O) groups is 1. The van der Waals surface area contributed by atoms with Crippen LogP contribution in [0.1, 0.15) is 32.1 Å². The van der Waals surface area contributed by atoms with E-state index in [1.165, 1.54) is 0 Å². The van der Waals surface area contributed by atoms with E-state index in [1.54, 1.807) is 11.8 Å². The molecule has 0 heterocycles. The van der Waals surface area contributed by atoms with Crippen molar-refractivity contribution in [2.24, 2.45) is 5.73 Å². The molecule has 1 aliphatic carbocycles. The summed E-state index contributed by atoms with van der Waals surface area (Å²) in [5.74, 6) is 0.769. The lowest BCUT2D eigenvalue weighted by Gasteiger charge is -2.29. The van der Waals surface area contributed by atoms with Crippen molar-refractivity contribution in [2.45, 2.75) is 43.7 Å². The zero-order chi connectivity index (χ0) is 12.0. The molecule has 0 aromatic carbocycles.